The normalized spacial score (nSPS) is 4.29. The van der Waals surface area contributed by atoms with E-state index in [0.29, 0.717) is 0 Å². The number of rotatable bonds is 0. The average molecular weight is 140 g/mol. The number of nitrogens with zero attached hydrogens (tertiary/aromatic N) is 4. The van der Waals surface area contributed by atoms with Gasteiger partial charge in [-0.05, 0) is 0 Å². The van der Waals surface area contributed by atoms with Gasteiger partial charge in [0.1, 0.15) is 0 Å². The van der Waals surface area contributed by atoms with Crippen molar-refractivity contribution in [3.8, 4) is 0 Å². The molecule has 0 N–H and O–H groups in total. The summed E-state index contributed by atoms with van der Waals surface area (Å²) in [7, 11) is -0.784. The van der Waals surface area contributed by atoms with E-state index in [1.54, 1.807) is 0 Å². The average Bonchev–Trinajstić information content (AvgIpc) is 1.69. The molecular formula is N4Si3. The molecule has 7 heteroatoms. The first-order chi connectivity index (χ1) is 3.41. The Balaban J connectivity index is 3.78. The molecule has 0 heterocycles. The third-order valence-corrected chi connectivity index (χ3v) is 1.80. The van der Waals surface area contributed by atoms with E-state index in [1.165, 1.54) is 0 Å². The highest BCUT2D eigenvalue weighted by Crippen LogP contribution is 1.40. The second kappa shape index (κ2) is 5.67. The van der Waals surface area contributed by atoms with Crippen molar-refractivity contribution < 1.29 is 0 Å². The molecule has 0 aromatic rings. The van der Waals surface area contributed by atoms with Gasteiger partial charge in [-0.25, -0.2) is 8.60 Å². The van der Waals surface area contributed by atoms with Gasteiger partial charge in [0.05, 0.1) is 0 Å². The minimum absolute atomic E-state index is 0.00694. The molecule has 0 aliphatic heterocycles. The second-order valence-electron chi connectivity index (χ2n) is 0.524. The van der Waals surface area contributed by atoms with Gasteiger partial charge in [-0.15, -0.1) is 0 Å². The van der Waals surface area contributed by atoms with Gasteiger partial charge < -0.3 is 0 Å². The lowest BCUT2D eigenvalue weighted by molar-refractivity contribution is 1.59. The van der Waals surface area contributed by atoms with Crippen molar-refractivity contribution in [1.29, 1.82) is 9.77 Å². The predicted molar refractivity (Wildman–Crippen MR) is 25.6 cm³/mol. The largest absolute Gasteiger partial charge is 0.353 e. The Morgan fingerprint density at radius 3 is 1.71 bits per heavy atom. The summed E-state index contributed by atoms with van der Waals surface area (Å²) < 4.78 is 6.91. The van der Waals surface area contributed by atoms with E-state index in [2.05, 4.69) is 8.60 Å². The molecule has 0 saturated carbocycles. The van der Waals surface area contributed by atoms with Gasteiger partial charge in [0, 0.05) is 0 Å². The van der Waals surface area contributed by atoms with Crippen LogP contribution in [0.4, 0.5) is 0 Å². The van der Waals surface area contributed by atoms with E-state index in [9.17, 15) is 0 Å². The van der Waals surface area contributed by atoms with E-state index >= 15 is 0 Å². The third kappa shape index (κ3) is 5.67. The topological polar surface area (TPSA) is 72.3 Å². The van der Waals surface area contributed by atoms with E-state index in [1.807, 2.05) is 0 Å². The monoisotopic (exact) mass is 140 g/mol. The van der Waals surface area contributed by atoms with E-state index in [4.69, 9.17) is 9.77 Å². The molecule has 0 bridgehead atoms. The van der Waals surface area contributed by atoms with Crippen LogP contribution in [0, 0.1) is 9.77 Å². The summed E-state index contributed by atoms with van der Waals surface area (Å²) in [6.45, 7) is 0. The standard InChI is InChI=1S/N4Si3/c1-5-3-7-4-6-2. The molecule has 0 spiro atoms. The fourth-order valence-corrected chi connectivity index (χ4v) is 1.08. The zero-order valence-electron chi connectivity index (χ0n) is 3.29. The summed E-state index contributed by atoms with van der Waals surface area (Å²) >= 11 is 0. The van der Waals surface area contributed by atoms with Crippen LogP contribution in [0.15, 0.2) is 8.60 Å². The van der Waals surface area contributed by atoms with Crippen molar-refractivity contribution in [3.63, 3.8) is 0 Å². The fourth-order valence-electron chi connectivity index (χ4n) is 0.0697. The van der Waals surface area contributed by atoms with Crippen LogP contribution in [0.3, 0.4) is 0 Å². The first-order valence-corrected chi connectivity index (χ1v) is 4.02. The molecule has 0 rings (SSSR count). The molecular weight excluding hydrogens is 140 g/mol. The Labute approximate surface area is 46.8 Å². The molecule has 0 unspecified atom stereocenters. The van der Waals surface area contributed by atoms with Crippen LogP contribution in [0.5, 0.6) is 0 Å². The molecule has 0 radical (unpaired) electrons. The van der Waals surface area contributed by atoms with Gasteiger partial charge >= 0.3 is 18.6 Å². The maximum absolute atomic E-state index is 8.02. The smallest absolute Gasteiger partial charge is 0.256 e. The fraction of sp³-hybridized carbons (Fsp3) is 0. The minimum Gasteiger partial charge on any atom is -0.256 e. The van der Waals surface area contributed by atoms with Crippen molar-refractivity contribution in [2.24, 2.45) is 8.60 Å². The van der Waals surface area contributed by atoms with Crippen LogP contribution in [0.2, 0.25) is 0 Å². The van der Waals surface area contributed by atoms with Crippen LogP contribution < -0.4 is 0 Å². The van der Waals surface area contributed by atoms with Crippen molar-refractivity contribution in [1.82, 2.24) is 0 Å². The van der Waals surface area contributed by atoms with Crippen LogP contribution in [0.25, 0.3) is 0 Å². The molecule has 7 heavy (non-hydrogen) atoms. The van der Waals surface area contributed by atoms with E-state index in [0.717, 1.165) is 0 Å². The van der Waals surface area contributed by atoms with Crippen LogP contribution in [-0.2, 0) is 0 Å². The van der Waals surface area contributed by atoms with Crippen molar-refractivity contribution in [2.75, 3.05) is 0 Å². The van der Waals surface area contributed by atoms with Gasteiger partial charge in [-0.2, -0.15) is 0 Å². The molecule has 0 aliphatic carbocycles. The lowest BCUT2D eigenvalue weighted by atomic mass is 13.9. The molecule has 0 amide bonds. The Hall–Kier alpha value is -0.329. The molecule has 32 valence electrons. The maximum atomic E-state index is 8.02. The first-order valence-electron chi connectivity index (χ1n) is 1.34. The van der Waals surface area contributed by atoms with Gasteiger partial charge in [0.2, 0.25) is 9.10 Å². The summed E-state index contributed by atoms with van der Waals surface area (Å²) in [5.41, 5.74) is 0. The van der Waals surface area contributed by atoms with Gasteiger partial charge in [-0.3, -0.25) is 9.77 Å². The van der Waals surface area contributed by atoms with Crippen molar-refractivity contribution in [2.45, 2.75) is 0 Å². The Bertz CT molecular complexity index is 154. The zero-order valence-corrected chi connectivity index (χ0v) is 6.29. The summed E-state index contributed by atoms with van der Waals surface area (Å²) in [6, 6.07) is 0. The Morgan fingerprint density at radius 1 is 1.00 bits per heavy atom. The summed E-state index contributed by atoms with van der Waals surface area (Å²) in [5.74, 6) is 0. The predicted octanol–water partition coefficient (Wildman–Crippen LogP) is -0.745. The maximum Gasteiger partial charge on any atom is 0.353 e. The van der Waals surface area contributed by atoms with E-state index in [-0.39, 0.29) is 9.10 Å². The molecule has 0 aliphatic rings. The highest BCUT2D eigenvalue weighted by Gasteiger charge is 1.55. The lowest BCUT2D eigenvalue weighted by Gasteiger charge is -1.46. The van der Waals surface area contributed by atoms with Gasteiger partial charge in [-0.1, -0.05) is 0 Å². The second-order valence-corrected chi connectivity index (χ2v) is 2.91. The summed E-state index contributed by atoms with van der Waals surface area (Å²) in [4.78, 5) is 16.0. The van der Waals surface area contributed by atoms with Crippen LogP contribution in [0.1, 0.15) is 0 Å². The molecule has 0 saturated heterocycles. The van der Waals surface area contributed by atoms with Gasteiger partial charge in [0.25, 0.3) is 0 Å². The lowest BCUT2D eigenvalue weighted by Crippen LogP contribution is -1.61. The molecule has 0 fully saturated rings. The quantitative estimate of drug-likeness (QED) is 0.415. The molecule has 0 aromatic heterocycles. The van der Waals surface area contributed by atoms with Crippen LogP contribution in [-0.4, -0.2) is 27.7 Å². The van der Waals surface area contributed by atoms with E-state index < -0.39 is 18.6 Å². The van der Waals surface area contributed by atoms with Crippen molar-refractivity contribution in [3.05, 3.63) is 0 Å². The number of hydrogen-bond acceptors (Lipinski definition) is 4. The first kappa shape index (κ1) is 6.67. The van der Waals surface area contributed by atoms with Gasteiger partial charge in [0.15, 0.2) is 0 Å². The molecule has 0 aromatic carbocycles. The Kier molecular flexibility index (Phi) is 5.40. The Morgan fingerprint density at radius 2 is 1.43 bits per heavy atom. The molecule has 0 atom stereocenters. The van der Waals surface area contributed by atoms with Crippen LogP contribution >= 0.6 is 0 Å². The van der Waals surface area contributed by atoms with Crippen molar-refractivity contribution >= 4 is 27.7 Å². The SMILES string of the molecule is N#[Si]N=[Si]=N[Si]#N. The summed E-state index contributed by atoms with van der Waals surface area (Å²) in [6.07, 6.45) is 0. The number of hydrogen-bond donors (Lipinski definition) is 0. The molecule has 4 nitrogen and oxygen atoms in total. The minimum atomic E-state index is -0.395. The highest BCUT2D eigenvalue weighted by molar-refractivity contribution is 6.31. The zero-order chi connectivity index (χ0) is 5.54. The third-order valence-electron chi connectivity index (χ3n) is 0.200. The summed E-state index contributed by atoms with van der Waals surface area (Å²) in [5, 5.41) is 0. The highest BCUT2D eigenvalue weighted by atomic mass is 28.2.